The molecule has 0 N–H and O–H groups in total. The van der Waals surface area contributed by atoms with Crippen LogP contribution in [0, 0.1) is 0 Å². The van der Waals surface area contributed by atoms with Crippen molar-refractivity contribution in [2.75, 3.05) is 4.90 Å². The number of anilines is 3. The predicted molar refractivity (Wildman–Crippen MR) is 227 cm³/mol. The summed E-state index contributed by atoms with van der Waals surface area (Å²) in [6.07, 6.45) is 0. The van der Waals surface area contributed by atoms with Crippen molar-refractivity contribution < 1.29 is 0 Å². The largest absolute Gasteiger partial charge is 0.311 e. The van der Waals surface area contributed by atoms with E-state index < -0.39 is 0 Å². The monoisotopic (exact) mass is 673 g/mol. The van der Waals surface area contributed by atoms with E-state index in [9.17, 15) is 0 Å². The van der Waals surface area contributed by atoms with Crippen LogP contribution in [0.4, 0.5) is 17.1 Å². The van der Waals surface area contributed by atoms with Crippen molar-refractivity contribution in [1.29, 1.82) is 0 Å². The van der Waals surface area contributed by atoms with Crippen molar-refractivity contribution in [2.45, 2.75) is 0 Å². The van der Waals surface area contributed by atoms with Crippen molar-refractivity contribution in [1.82, 2.24) is 0 Å². The van der Waals surface area contributed by atoms with Crippen LogP contribution in [0.25, 0.3) is 76.5 Å². The maximum atomic E-state index is 2.37. The molecule has 10 aromatic carbocycles. The Labute approximate surface area is 309 Å². The maximum Gasteiger partial charge on any atom is 0.0462 e. The van der Waals surface area contributed by atoms with Gasteiger partial charge in [-0.15, -0.1) is 0 Å². The normalized spacial score (nSPS) is 11.4. The van der Waals surface area contributed by atoms with Crippen LogP contribution in [0.15, 0.2) is 212 Å². The fraction of sp³-hybridized carbons (Fsp3) is 0. The molecule has 0 saturated carbocycles. The number of hydrogen-bond acceptors (Lipinski definition) is 1. The van der Waals surface area contributed by atoms with Crippen LogP contribution in [0.2, 0.25) is 0 Å². The summed E-state index contributed by atoms with van der Waals surface area (Å²) in [6, 6.07) is 77.2. The molecule has 0 unspecified atom stereocenters. The molecule has 10 rings (SSSR count). The van der Waals surface area contributed by atoms with E-state index >= 15 is 0 Å². The third kappa shape index (κ3) is 5.60. The Bertz CT molecular complexity index is 2910. The molecule has 0 saturated heterocycles. The van der Waals surface area contributed by atoms with E-state index in [2.05, 4.69) is 217 Å². The van der Waals surface area contributed by atoms with Gasteiger partial charge in [0.2, 0.25) is 0 Å². The lowest BCUT2D eigenvalue weighted by Gasteiger charge is -2.26. The zero-order valence-electron chi connectivity index (χ0n) is 29.2. The second-order valence-electron chi connectivity index (χ2n) is 13.8. The summed E-state index contributed by atoms with van der Waals surface area (Å²) in [6.45, 7) is 0. The highest BCUT2D eigenvalue weighted by Gasteiger charge is 2.16. The molecule has 1 heteroatoms. The van der Waals surface area contributed by atoms with Crippen LogP contribution >= 0.6 is 0 Å². The lowest BCUT2D eigenvalue weighted by atomic mass is 9.90. The Balaban J connectivity index is 1.06. The fourth-order valence-electron chi connectivity index (χ4n) is 7.96. The van der Waals surface area contributed by atoms with Gasteiger partial charge in [-0.3, -0.25) is 0 Å². The number of rotatable bonds is 6. The second kappa shape index (κ2) is 13.0. The summed E-state index contributed by atoms with van der Waals surface area (Å²) in [4.78, 5) is 2.35. The van der Waals surface area contributed by atoms with E-state index in [1.165, 1.54) is 76.5 Å². The van der Waals surface area contributed by atoms with Crippen molar-refractivity contribution in [3.05, 3.63) is 212 Å². The summed E-state index contributed by atoms with van der Waals surface area (Å²) < 4.78 is 0. The molecular formula is C52H35N. The zero-order chi connectivity index (χ0) is 35.1. The Kier molecular flexibility index (Phi) is 7.55. The van der Waals surface area contributed by atoms with Gasteiger partial charge in [-0.05, 0) is 125 Å². The summed E-state index contributed by atoms with van der Waals surface area (Å²) in [5.41, 5.74) is 10.6. The fourth-order valence-corrected chi connectivity index (χ4v) is 7.96. The highest BCUT2D eigenvalue weighted by molar-refractivity contribution is 6.23. The van der Waals surface area contributed by atoms with Gasteiger partial charge in [0.1, 0.15) is 0 Å². The lowest BCUT2D eigenvalue weighted by Crippen LogP contribution is -2.09. The minimum absolute atomic E-state index is 1.11. The summed E-state index contributed by atoms with van der Waals surface area (Å²) >= 11 is 0. The molecule has 0 fully saturated rings. The first-order chi connectivity index (χ1) is 26.3. The highest BCUT2D eigenvalue weighted by atomic mass is 15.1. The van der Waals surface area contributed by atoms with Crippen LogP contribution in [-0.2, 0) is 0 Å². The molecule has 0 spiro atoms. The lowest BCUT2D eigenvalue weighted by molar-refractivity contribution is 1.28. The van der Waals surface area contributed by atoms with Gasteiger partial charge in [-0.25, -0.2) is 0 Å². The average Bonchev–Trinajstić information content (AvgIpc) is 3.24. The van der Waals surface area contributed by atoms with E-state index in [0.29, 0.717) is 0 Å². The van der Waals surface area contributed by atoms with E-state index in [4.69, 9.17) is 0 Å². The SMILES string of the molecule is c1ccc(-c2ccc(N(c3ccc(-c4ccc5ccccc5c4)cc3)c3ccc(-c4cc5ccc6ccccc6c5c5ccccc45)cc3)cc2)cc1. The van der Waals surface area contributed by atoms with Gasteiger partial charge in [0, 0.05) is 17.1 Å². The van der Waals surface area contributed by atoms with E-state index in [1.807, 2.05) is 0 Å². The Morgan fingerprint density at radius 2 is 0.698 bits per heavy atom. The molecule has 0 aliphatic rings. The molecule has 0 aromatic heterocycles. The van der Waals surface area contributed by atoms with Crippen LogP contribution in [0.1, 0.15) is 0 Å². The van der Waals surface area contributed by atoms with Gasteiger partial charge < -0.3 is 4.90 Å². The standard InChI is InChI=1S/C52H35N/c1-2-10-36(11-3-1)38-22-28-45(29-23-38)53(46-30-24-39(25-31-46)43-20-18-37-12-4-5-14-42(37)34-43)47-32-26-41(27-33-47)51-35-44-21-19-40-13-6-7-15-48(40)52(44)50-17-9-8-16-49(50)51/h1-35H. The summed E-state index contributed by atoms with van der Waals surface area (Å²) in [5.74, 6) is 0. The zero-order valence-corrected chi connectivity index (χ0v) is 29.2. The molecule has 0 aliphatic carbocycles. The Hall–Kier alpha value is -6.96. The average molecular weight is 674 g/mol. The van der Waals surface area contributed by atoms with E-state index in [-0.39, 0.29) is 0 Å². The first-order valence-corrected chi connectivity index (χ1v) is 18.3. The second-order valence-corrected chi connectivity index (χ2v) is 13.8. The number of benzene rings is 10. The molecule has 10 aromatic rings. The van der Waals surface area contributed by atoms with Gasteiger partial charge in [0.25, 0.3) is 0 Å². The number of hydrogen-bond donors (Lipinski definition) is 0. The minimum atomic E-state index is 1.11. The van der Waals surface area contributed by atoms with Crippen molar-refractivity contribution in [3.8, 4) is 33.4 Å². The quantitative estimate of drug-likeness (QED) is 0.159. The molecule has 0 heterocycles. The molecule has 53 heavy (non-hydrogen) atoms. The van der Waals surface area contributed by atoms with Gasteiger partial charge in [0.15, 0.2) is 0 Å². The van der Waals surface area contributed by atoms with E-state index in [0.717, 1.165) is 17.1 Å². The molecule has 0 radical (unpaired) electrons. The summed E-state index contributed by atoms with van der Waals surface area (Å²) in [7, 11) is 0. The molecule has 0 atom stereocenters. The Morgan fingerprint density at radius 3 is 1.38 bits per heavy atom. The maximum absolute atomic E-state index is 2.37. The summed E-state index contributed by atoms with van der Waals surface area (Å²) in [5, 5.41) is 10.2. The van der Waals surface area contributed by atoms with Gasteiger partial charge in [-0.2, -0.15) is 0 Å². The van der Waals surface area contributed by atoms with Gasteiger partial charge in [0.05, 0.1) is 0 Å². The predicted octanol–water partition coefficient (Wildman–Crippen LogP) is 14.8. The van der Waals surface area contributed by atoms with Crippen LogP contribution < -0.4 is 4.90 Å². The van der Waals surface area contributed by atoms with Crippen LogP contribution in [-0.4, -0.2) is 0 Å². The molecule has 1 nitrogen and oxygen atoms in total. The topological polar surface area (TPSA) is 3.24 Å². The van der Waals surface area contributed by atoms with E-state index in [1.54, 1.807) is 0 Å². The van der Waals surface area contributed by atoms with Crippen molar-refractivity contribution >= 4 is 60.2 Å². The number of nitrogens with zero attached hydrogens (tertiary/aromatic N) is 1. The van der Waals surface area contributed by atoms with Gasteiger partial charge >= 0.3 is 0 Å². The first kappa shape index (κ1) is 30.8. The molecular weight excluding hydrogens is 639 g/mol. The third-order valence-electron chi connectivity index (χ3n) is 10.6. The molecule has 0 aliphatic heterocycles. The minimum Gasteiger partial charge on any atom is -0.311 e. The molecule has 0 bridgehead atoms. The smallest absolute Gasteiger partial charge is 0.0462 e. The van der Waals surface area contributed by atoms with Gasteiger partial charge in [-0.1, -0.05) is 164 Å². The van der Waals surface area contributed by atoms with Crippen LogP contribution in [0.3, 0.4) is 0 Å². The molecule has 248 valence electrons. The van der Waals surface area contributed by atoms with Crippen molar-refractivity contribution in [2.24, 2.45) is 0 Å². The Morgan fingerprint density at radius 1 is 0.245 bits per heavy atom. The van der Waals surface area contributed by atoms with Crippen molar-refractivity contribution in [3.63, 3.8) is 0 Å². The molecule has 0 amide bonds. The van der Waals surface area contributed by atoms with Crippen LogP contribution in [0.5, 0.6) is 0 Å². The number of fused-ring (bicyclic) bond motifs is 6. The first-order valence-electron chi connectivity index (χ1n) is 18.3. The highest BCUT2D eigenvalue weighted by Crippen LogP contribution is 2.41. The third-order valence-corrected chi connectivity index (χ3v) is 10.6.